The van der Waals surface area contributed by atoms with Crippen LogP contribution in [0.25, 0.3) is 0 Å². The molecule has 0 radical (unpaired) electrons. The Bertz CT molecular complexity index is 253. The van der Waals surface area contributed by atoms with Gasteiger partial charge in [-0.25, -0.2) is 0 Å². The van der Waals surface area contributed by atoms with Crippen molar-refractivity contribution in [3.8, 4) is 0 Å². The molecular formula is C12H22N2O. The third kappa shape index (κ3) is 2.71. The molecule has 1 aliphatic heterocycles. The van der Waals surface area contributed by atoms with E-state index in [9.17, 15) is 4.79 Å². The third-order valence-electron chi connectivity index (χ3n) is 3.44. The first-order chi connectivity index (χ1) is 6.97. The molecule has 0 aromatic carbocycles. The van der Waals surface area contributed by atoms with Gasteiger partial charge in [0.2, 0.25) is 5.91 Å². The van der Waals surface area contributed by atoms with Gasteiger partial charge in [-0.1, -0.05) is 0 Å². The maximum absolute atomic E-state index is 11.9. The van der Waals surface area contributed by atoms with Gasteiger partial charge in [0.25, 0.3) is 0 Å². The Balaban J connectivity index is 1.87. The summed E-state index contributed by atoms with van der Waals surface area (Å²) in [6, 6.07) is 0. The second kappa shape index (κ2) is 3.78. The quantitative estimate of drug-likeness (QED) is 0.686. The van der Waals surface area contributed by atoms with E-state index >= 15 is 0 Å². The van der Waals surface area contributed by atoms with E-state index in [2.05, 4.69) is 30.6 Å². The van der Waals surface area contributed by atoms with Crippen LogP contribution >= 0.6 is 0 Å². The molecular weight excluding hydrogens is 188 g/mol. The molecule has 0 spiro atoms. The maximum atomic E-state index is 11.9. The summed E-state index contributed by atoms with van der Waals surface area (Å²) in [4.78, 5) is 16.2. The van der Waals surface area contributed by atoms with Crippen LogP contribution in [0.5, 0.6) is 0 Å². The summed E-state index contributed by atoms with van der Waals surface area (Å²) in [7, 11) is 0. The van der Waals surface area contributed by atoms with E-state index < -0.39 is 0 Å². The zero-order valence-corrected chi connectivity index (χ0v) is 10.1. The number of hydrogen-bond donors (Lipinski definition) is 0. The van der Waals surface area contributed by atoms with E-state index in [1.807, 2.05) is 0 Å². The predicted molar refractivity (Wildman–Crippen MR) is 60.6 cm³/mol. The number of hydrogen-bond acceptors (Lipinski definition) is 2. The Hall–Kier alpha value is -0.570. The van der Waals surface area contributed by atoms with Crippen LogP contribution < -0.4 is 0 Å². The van der Waals surface area contributed by atoms with Crippen LogP contribution in [0.2, 0.25) is 0 Å². The minimum absolute atomic E-state index is 0.126. The lowest BCUT2D eigenvalue weighted by Crippen LogP contribution is -2.56. The molecule has 2 rings (SSSR count). The Labute approximate surface area is 92.4 Å². The lowest BCUT2D eigenvalue weighted by molar-refractivity contribution is -0.138. The Morgan fingerprint density at radius 3 is 2.40 bits per heavy atom. The second-order valence-electron chi connectivity index (χ2n) is 5.88. The Morgan fingerprint density at radius 1 is 1.27 bits per heavy atom. The number of carbonyl (C=O) groups is 1. The first-order valence-corrected chi connectivity index (χ1v) is 5.99. The standard InChI is InChI=1S/C12H22N2O/c1-12(2,3)14-7-6-13(11(15)9-14)8-10-4-5-10/h10H,4-9H2,1-3H3. The van der Waals surface area contributed by atoms with E-state index in [4.69, 9.17) is 0 Å². The molecule has 15 heavy (non-hydrogen) atoms. The number of piperazine rings is 1. The molecule has 0 bridgehead atoms. The molecule has 0 aromatic rings. The number of nitrogens with zero attached hydrogens (tertiary/aromatic N) is 2. The monoisotopic (exact) mass is 210 g/mol. The first-order valence-electron chi connectivity index (χ1n) is 5.99. The van der Waals surface area contributed by atoms with Gasteiger partial charge in [0.1, 0.15) is 0 Å². The van der Waals surface area contributed by atoms with Crippen LogP contribution in [0, 0.1) is 5.92 Å². The van der Waals surface area contributed by atoms with Crippen LogP contribution in [0.4, 0.5) is 0 Å². The minimum Gasteiger partial charge on any atom is -0.340 e. The van der Waals surface area contributed by atoms with Gasteiger partial charge in [0.05, 0.1) is 6.54 Å². The SMILES string of the molecule is CC(C)(C)N1CCN(CC2CC2)C(=O)C1. The molecule has 1 saturated heterocycles. The van der Waals surface area contributed by atoms with Gasteiger partial charge in [0, 0.05) is 25.2 Å². The molecule has 1 aliphatic carbocycles. The summed E-state index contributed by atoms with van der Waals surface area (Å²) in [6.45, 7) is 10.1. The smallest absolute Gasteiger partial charge is 0.236 e. The molecule has 3 heteroatoms. The van der Waals surface area contributed by atoms with Crippen LogP contribution in [0.3, 0.4) is 0 Å². The highest BCUT2D eigenvalue weighted by molar-refractivity contribution is 5.79. The van der Waals surface area contributed by atoms with Gasteiger partial charge in [-0.05, 0) is 39.5 Å². The van der Waals surface area contributed by atoms with Crippen LogP contribution in [-0.4, -0.2) is 47.4 Å². The molecule has 3 nitrogen and oxygen atoms in total. The number of carbonyl (C=O) groups excluding carboxylic acids is 1. The van der Waals surface area contributed by atoms with Gasteiger partial charge in [-0.3, -0.25) is 9.69 Å². The summed E-state index contributed by atoms with van der Waals surface area (Å²) in [5, 5.41) is 0. The Morgan fingerprint density at radius 2 is 1.93 bits per heavy atom. The zero-order valence-electron chi connectivity index (χ0n) is 10.1. The number of rotatable bonds is 2. The second-order valence-corrected chi connectivity index (χ2v) is 5.88. The largest absolute Gasteiger partial charge is 0.340 e. The molecule has 1 heterocycles. The van der Waals surface area contributed by atoms with Crippen LogP contribution in [0.1, 0.15) is 33.6 Å². The summed E-state index contributed by atoms with van der Waals surface area (Å²) in [5.74, 6) is 1.14. The van der Waals surface area contributed by atoms with Crippen molar-refractivity contribution in [2.75, 3.05) is 26.2 Å². The highest BCUT2D eigenvalue weighted by Crippen LogP contribution is 2.30. The fourth-order valence-electron chi connectivity index (χ4n) is 2.09. The molecule has 2 aliphatic rings. The third-order valence-corrected chi connectivity index (χ3v) is 3.44. The minimum atomic E-state index is 0.126. The van der Waals surface area contributed by atoms with E-state index in [1.54, 1.807) is 0 Å². The summed E-state index contributed by atoms with van der Waals surface area (Å²) < 4.78 is 0. The van der Waals surface area contributed by atoms with E-state index in [-0.39, 0.29) is 5.54 Å². The van der Waals surface area contributed by atoms with E-state index in [1.165, 1.54) is 12.8 Å². The maximum Gasteiger partial charge on any atom is 0.236 e. The lowest BCUT2D eigenvalue weighted by atomic mass is 10.0. The molecule has 1 amide bonds. The van der Waals surface area contributed by atoms with Gasteiger partial charge < -0.3 is 4.90 Å². The van der Waals surface area contributed by atoms with Gasteiger partial charge in [-0.2, -0.15) is 0 Å². The van der Waals surface area contributed by atoms with Gasteiger partial charge >= 0.3 is 0 Å². The van der Waals surface area contributed by atoms with Crippen LogP contribution in [0.15, 0.2) is 0 Å². The lowest BCUT2D eigenvalue weighted by Gasteiger charge is -2.41. The average molecular weight is 210 g/mol. The van der Waals surface area contributed by atoms with Crippen molar-refractivity contribution < 1.29 is 4.79 Å². The van der Waals surface area contributed by atoms with Crippen molar-refractivity contribution in [2.45, 2.75) is 39.2 Å². The fraction of sp³-hybridized carbons (Fsp3) is 0.917. The highest BCUT2D eigenvalue weighted by atomic mass is 16.2. The molecule has 2 fully saturated rings. The van der Waals surface area contributed by atoms with Crippen molar-refractivity contribution in [1.29, 1.82) is 0 Å². The average Bonchev–Trinajstić information content (AvgIpc) is 2.90. The first kappa shape index (κ1) is 10.9. The van der Waals surface area contributed by atoms with E-state index in [0.717, 1.165) is 25.6 Å². The van der Waals surface area contributed by atoms with Crippen molar-refractivity contribution in [3.63, 3.8) is 0 Å². The normalized spacial score (nSPS) is 24.7. The van der Waals surface area contributed by atoms with Crippen LogP contribution in [-0.2, 0) is 4.79 Å². The van der Waals surface area contributed by atoms with Crippen molar-refractivity contribution in [3.05, 3.63) is 0 Å². The molecule has 86 valence electrons. The van der Waals surface area contributed by atoms with Crippen molar-refractivity contribution >= 4 is 5.91 Å². The molecule has 0 unspecified atom stereocenters. The molecule has 1 saturated carbocycles. The topological polar surface area (TPSA) is 23.6 Å². The Kier molecular flexibility index (Phi) is 2.75. The zero-order chi connectivity index (χ0) is 11.1. The molecule has 0 atom stereocenters. The van der Waals surface area contributed by atoms with Gasteiger partial charge in [-0.15, -0.1) is 0 Å². The molecule has 0 N–H and O–H groups in total. The summed E-state index contributed by atoms with van der Waals surface area (Å²) in [6.07, 6.45) is 2.65. The highest BCUT2D eigenvalue weighted by Gasteiger charge is 2.33. The van der Waals surface area contributed by atoms with Gasteiger partial charge in [0.15, 0.2) is 0 Å². The van der Waals surface area contributed by atoms with E-state index in [0.29, 0.717) is 12.5 Å². The summed E-state index contributed by atoms with van der Waals surface area (Å²) >= 11 is 0. The van der Waals surface area contributed by atoms with Crippen molar-refractivity contribution in [1.82, 2.24) is 9.80 Å². The number of amides is 1. The predicted octanol–water partition coefficient (Wildman–Crippen LogP) is 1.34. The molecule has 0 aromatic heterocycles. The summed E-state index contributed by atoms with van der Waals surface area (Å²) in [5.41, 5.74) is 0.126. The fourth-order valence-corrected chi connectivity index (χ4v) is 2.09. The van der Waals surface area contributed by atoms with Crippen molar-refractivity contribution in [2.24, 2.45) is 5.92 Å².